The molecule has 0 fully saturated rings. The third-order valence-electron chi connectivity index (χ3n) is 5.53. The van der Waals surface area contributed by atoms with E-state index in [9.17, 15) is 4.79 Å². The van der Waals surface area contributed by atoms with Crippen molar-refractivity contribution in [1.82, 2.24) is 0 Å². The minimum absolute atomic E-state index is 0.332. The number of carbonyl (C=O) groups is 1. The molecule has 0 radical (unpaired) electrons. The molecule has 0 aliphatic carbocycles. The Bertz CT molecular complexity index is 654. The van der Waals surface area contributed by atoms with Crippen molar-refractivity contribution in [3.05, 3.63) is 72.8 Å². The molecule has 176 valence electrons. The quantitative estimate of drug-likeness (QED) is 0.210. The van der Waals surface area contributed by atoms with E-state index in [0.717, 1.165) is 12.8 Å². The van der Waals surface area contributed by atoms with E-state index in [1.807, 2.05) is 12.1 Å². The van der Waals surface area contributed by atoms with Gasteiger partial charge in [-0.05, 0) is 43.2 Å². The lowest BCUT2D eigenvalue weighted by Gasteiger charge is -1.99. The van der Waals surface area contributed by atoms with Crippen molar-refractivity contribution in [1.29, 1.82) is 0 Å². The molecule has 0 aromatic heterocycles. The van der Waals surface area contributed by atoms with Crippen LogP contribution >= 0.6 is 0 Å². The predicted molar refractivity (Wildman–Crippen MR) is 139 cm³/mol. The topological polar surface area (TPSA) is 37.3 Å². The zero-order chi connectivity index (χ0) is 23.1. The van der Waals surface area contributed by atoms with Crippen LogP contribution in [0.1, 0.15) is 96.8 Å². The van der Waals surface area contributed by atoms with Crippen LogP contribution in [0.25, 0.3) is 11.1 Å². The molecule has 2 aromatic rings. The summed E-state index contributed by atoms with van der Waals surface area (Å²) in [7, 11) is 0. The summed E-state index contributed by atoms with van der Waals surface area (Å²) in [6.07, 6.45) is 21.2. The third kappa shape index (κ3) is 16.4. The van der Waals surface area contributed by atoms with Crippen LogP contribution in [-0.4, -0.2) is 11.1 Å². The smallest absolute Gasteiger partial charge is 0.303 e. The number of carboxylic acid groups (broad SMARTS) is 1. The number of allylic oxidation sites excluding steroid dienone is 2. The summed E-state index contributed by atoms with van der Waals surface area (Å²) in [6.45, 7) is 2.26. The highest BCUT2D eigenvalue weighted by Gasteiger charge is 1.96. The molecular weight excluding hydrogens is 392 g/mol. The lowest BCUT2D eigenvalue weighted by molar-refractivity contribution is -0.137. The van der Waals surface area contributed by atoms with Crippen molar-refractivity contribution in [2.45, 2.75) is 96.8 Å². The Kier molecular flexibility index (Phi) is 17.8. The van der Waals surface area contributed by atoms with Gasteiger partial charge in [-0.1, -0.05) is 131 Å². The van der Waals surface area contributed by atoms with Crippen LogP contribution in [-0.2, 0) is 4.79 Å². The second-order valence-electron chi connectivity index (χ2n) is 8.46. The molecular formula is C30H44O2. The summed E-state index contributed by atoms with van der Waals surface area (Å²) in [5.74, 6) is -0.664. The summed E-state index contributed by atoms with van der Waals surface area (Å²) in [6, 6.07) is 20.8. The fourth-order valence-electron chi connectivity index (χ4n) is 3.61. The van der Waals surface area contributed by atoms with Gasteiger partial charge in [0.2, 0.25) is 0 Å². The Morgan fingerprint density at radius 1 is 0.625 bits per heavy atom. The largest absolute Gasteiger partial charge is 0.481 e. The van der Waals surface area contributed by atoms with Gasteiger partial charge >= 0.3 is 5.97 Å². The standard InChI is InChI=1S/C18H34O2.C12H10/c1-2-3-4-5-6-7-8-9-10-11-12-13-14-15-16-17-18(19)20;1-3-7-11(8-4-1)12-9-5-2-6-10-12/h9-10H,2-8,11-17H2,1H3,(H,19,20);1-10H. The highest BCUT2D eigenvalue weighted by Crippen LogP contribution is 2.17. The van der Waals surface area contributed by atoms with E-state index in [-0.39, 0.29) is 0 Å². The first-order chi connectivity index (χ1) is 15.7. The van der Waals surface area contributed by atoms with Crippen molar-refractivity contribution in [3.8, 4) is 11.1 Å². The molecule has 0 heterocycles. The van der Waals surface area contributed by atoms with E-state index < -0.39 is 5.97 Å². The Morgan fingerprint density at radius 2 is 1.03 bits per heavy atom. The van der Waals surface area contributed by atoms with Gasteiger partial charge in [-0.25, -0.2) is 0 Å². The van der Waals surface area contributed by atoms with E-state index in [4.69, 9.17) is 5.11 Å². The molecule has 0 saturated carbocycles. The molecule has 2 rings (SSSR count). The van der Waals surface area contributed by atoms with Crippen molar-refractivity contribution >= 4 is 5.97 Å². The highest BCUT2D eigenvalue weighted by molar-refractivity contribution is 5.66. The highest BCUT2D eigenvalue weighted by atomic mass is 16.4. The molecule has 0 bridgehead atoms. The van der Waals surface area contributed by atoms with Gasteiger partial charge in [0.05, 0.1) is 0 Å². The van der Waals surface area contributed by atoms with Gasteiger partial charge in [0.15, 0.2) is 0 Å². The normalized spacial score (nSPS) is 10.7. The summed E-state index contributed by atoms with van der Waals surface area (Å²) in [5, 5.41) is 8.51. The van der Waals surface area contributed by atoms with E-state index in [1.165, 1.54) is 81.8 Å². The average Bonchev–Trinajstić information content (AvgIpc) is 2.83. The Labute approximate surface area is 196 Å². The number of hydrogen-bond donors (Lipinski definition) is 1. The van der Waals surface area contributed by atoms with E-state index in [2.05, 4.69) is 67.6 Å². The van der Waals surface area contributed by atoms with E-state index >= 15 is 0 Å². The molecule has 2 nitrogen and oxygen atoms in total. The monoisotopic (exact) mass is 436 g/mol. The molecule has 0 aliphatic rings. The predicted octanol–water partition coefficient (Wildman–Crippen LogP) is 9.46. The summed E-state index contributed by atoms with van der Waals surface area (Å²) in [4.78, 5) is 10.3. The van der Waals surface area contributed by atoms with Gasteiger partial charge in [0.25, 0.3) is 0 Å². The fourth-order valence-corrected chi connectivity index (χ4v) is 3.61. The molecule has 0 spiro atoms. The van der Waals surface area contributed by atoms with Crippen LogP contribution < -0.4 is 0 Å². The zero-order valence-corrected chi connectivity index (χ0v) is 20.2. The molecule has 2 aromatic carbocycles. The van der Waals surface area contributed by atoms with Crippen molar-refractivity contribution in [2.24, 2.45) is 0 Å². The van der Waals surface area contributed by atoms with Crippen LogP contribution in [0.3, 0.4) is 0 Å². The Hall–Kier alpha value is -2.35. The van der Waals surface area contributed by atoms with E-state index in [1.54, 1.807) is 0 Å². The summed E-state index contributed by atoms with van der Waals surface area (Å²) < 4.78 is 0. The lowest BCUT2D eigenvalue weighted by atomic mass is 10.1. The molecule has 0 amide bonds. The van der Waals surface area contributed by atoms with Gasteiger partial charge in [-0.3, -0.25) is 4.79 Å². The molecule has 0 atom stereocenters. The number of rotatable bonds is 16. The second-order valence-corrected chi connectivity index (χ2v) is 8.46. The summed E-state index contributed by atoms with van der Waals surface area (Å²) >= 11 is 0. The zero-order valence-electron chi connectivity index (χ0n) is 20.2. The number of aliphatic carboxylic acids is 1. The van der Waals surface area contributed by atoms with Crippen LogP contribution in [0.2, 0.25) is 0 Å². The first-order valence-electron chi connectivity index (χ1n) is 12.7. The van der Waals surface area contributed by atoms with Crippen molar-refractivity contribution in [2.75, 3.05) is 0 Å². The van der Waals surface area contributed by atoms with Crippen molar-refractivity contribution < 1.29 is 9.90 Å². The maximum atomic E-state index is 10.3. The Morgan fingerprint density at radius 3 is 1.47 bits per heavy atom. The van der Waals surface area contributed by atoms with Gasteiger partial charge in [0.1, 0.15) is 0 Å². The van der Waals surface area contributed by atoms with Gasteiger partial charge < -0.3 is 5.11 Å². The fraction of sp³-hybridized carbons (Fsp3) is 0.500. The second kappa shape index (κ2) is 20.5. The molecule has 0 unspecified atom stereocenters. The van der Waals surface area contributed by atoms with Crippen LogP contribution in [0.15, 0.2) is 72.8 Å². The minimum atomic E-state index is -0.664. The first-order valence-corrected chi connectivity index (χ1v) is 12.7. The number of hydrogen-bond acceptors (Lipinski definition) is 1. The number of unbranched alkanes of at least 4 members (excludes halogenated alkanes) is 11. The SMILES string of the molecule is CCCCCCCCC=CCCCCCCCC(=O)O.c1ccc(-c2ccccc2)cc1. The van der Waals surface area contributed by atoms with Crippen molar-refractivity contribution in [3.63, 3.8) is 0 Å². The van der Waals surface area contributed by atoms with Gasteiger partial charge in [-0.15, -0.1) is 0 Å². The van der Waals surface area contributed by atoms with Crippen LogP contribution in [0.5, 0.6) is 0 Å². The average molecular weight is 437 g/mol. The minimum Gasteiger partial charge on any atom is -0.481 e. The maximum absolute atomic E-state index is 10.3. The van der Waals surface area contributed by atoms with E-state index in [0.29, 0.717) is 6.42 Å². The van der Waals surface area contributed by atoms with Crippen LogP contribution in [0, 0.1) is 0 Å². The Balaban J connectivity index is 0.000000357. The van der Waals surface area contributed by atoms with Gasteiger partial charge in [-0.2, -0.15) is 0 Å². The third-order valence-corrected chi connectivity index (χ3v) is 5.53. The maximum Gasteiger partial charge on any atom is 0.303 e. The van der Waals surface area contributed by atoms with Crippen LogP contribution in [0.4, 0.5) is 0 Å². The molecule has 0 aliphatic heterocycles. The first kappa shape index (κ1) is 27.7. The number of carboxylic acids is 1. The van der Waals surface area contributed by atoms with Gasteiger partial charge in [0, 0.05) is 6.42 Å². The molecule has 2 heteroatoms. The molecule has 32 heavy (non-hydrogen) atoms. The molecule has 1 N–H and O–H groups in total. The lowest BCUT2D eigenvalue weighted by Crippen LogP contribution is -1.93. The molecule has 0 saturated heterocycles. The number of benzene rings is 2. The summed E-state index contributed by atoms with van der Waals surface area (Å²) in [5.41, 5.74) is 2.55.